The van der Waals surface area contributed by atoms with Crippen LogP contribution < -0.4 is 0 Å². The van der Waals surface area contributed by atoms with Gasteiger partial charge in [-0.15, -0.1) is 0 Å². The molecule has 2 aliphatic heterocycles. The van der Waals surface area contributed by atoms with E-state index in [2.05, 4.69) is 0 Å². The van der Waals surface area contributed by atoms with Crippen LogP contribution in [0.25, 0.3) is 0 Å². The fourth-order valence-corrected chi connectivity index (χ4v) is 1.34. The van der Waals surface area contributed by atoms with Crippen molar-refractivity contribution in [2.24, 2.45) is 0 Å². The first-order valence-corrected chi connectivity index (χ1v) is 5.52. The zero-order valence-corrected chi connectivity index (χ0v) is 7.25. The van der Waals surface area contributed by atoms with Crippen LogP contribution in [0, 0.1) is 0 Å². The Kier molecular flexibility index (Phi) is 2.43. The summed E-state index contributed by atoms with van der Waals surface area (Å²) in [5.41, 5.74) is 0. The van der Waals surface area contributed by atoms with Crippen LogP contribution in [0.15, 0.2) is 0 Å². The maximum absolute atomic E-state index is 4.97. The topological polar surface area (TPSA) is 18.5 Å². The van der Waals surface area contributed by atoms with Gasteiger partial charge in [0.05, 0.1) is 13.2 Å². The summed E-state index contributed by atoms with van der Waals surface area (Å²) in [5.74, 6) is 2.50. The first-order valence-electron chi connectivity index (χ1n) is 3.43. The maximum atomic E-state index is 4.97. The predicted molar refractivity (Wildman–Crippen MR) is 44.4 cm³/mol. The number of hydrogen-bond donors (Lipinski definition) is 0. The number of rotatable bonds is 5. The molecule has 0 radical (unpaired) electrons. The average Bonchev–Trinajstić information content (AvgIpc) is 2.77. The summed E-state index contributed by atoms with van der Waals surface area (Å²) >= 11 is 3.87. The molecule has 0 aliphatic carbocycles. The maximum Gasteiger partial charge on any atom is 0.0948 e. The van der Waals surface area contributed by atoms with Crippen LogP contribution in [0.2, 0.25) is 0 Å². The van der Waals surface area contributed by atoms with Gasteiger partial charge in [-0.05, 0) is 0 Å². The van der Waals surface area contributed by atoms with Crippen molar-refractivity contribution in [2.75, 3.05) is 24.7 Å². The summed E-state index contributed by atoms with van der Waals surface area (Å²) in [4.78, 5) is 9.95. The molecule has 58 valence electrons. The van der Waals surface area contributed by atoms with Crippen LogP contribution in [-0.2, 0) is 9.78 Å². The van der Waals surface area contributed by atoms with Crippen LogP contribution in [0.5, 0.6) is 0 Å². The third-order valence-electron chi connectivity index (χ3n) is 1.40. The fourth-order valence-electron chi connectivity index (χ4n) is 0.577. The highest BCUT2D eigenvalue weighted by atomic mass is 32.2. The molecule has 2 saturated heterocycles. The molecule has 0 bridgehead atoms. The van der Waals surface area contributed by atoms with Gasteiger partial charge in [0.2, 0.25) is 0 Å². The first kappa shape index (κ1) is 7.28. The van der Waals surface area contributed by atoms with Crippen LogP contribution in [-0.4, -0.2) is 35.2 Å². The summed E-state index contributed by atoms with van der Waals surface area (Å²) < 4.78 is 0. The molecule has 2 atom stereocenters. The summed E-state index contributed by atoms with van der Waals surface area (Å²) in [5, 5.41) is 1.46. The highest BCUT2D eigenvalue weighted by Crippen LogP contribution is 2.31. The monoisotopic (exact) mass is 178 g/mol. The Morgan fingerprint density at radius 2 is 1.40 bits per heavy atom. The van der Waals surface area contributed by atoms with Crippen LogP contribution in [0.1, 0.15) is 0 Å². The van der Waals surface area contributed by atoms with Crippen molar-refractivity contribution in [3.8, 4) is 0 Å². The molecule has 2 fully saturated rings. The minimum Gasteiger partial charge on any atom is -0.235 e. The van der Waals surface area contributed by atoms with E-state index >= 15 is 0 Å². The third kappa shape index (κ3) is 2.70. The molecule has 0 saturated carbocycles. The standard InChI is InChI=1S/C6H10O2S2/c1(5-3-9-5)7-8-2-6-4-10-6/h5-6H,1-4H2. The van der Waals surface area contributed by atoms with Crippen molar-refractivity contribution >= 4 is 23.5 Å². The van der Waals surface area contributed by atoms with Crippen LogP contribution in [0.3, 0.4) is 0 Å². The van der Waals surface area contributed by atoms with E-state index in [4.69, 9.17) is 9.78 Å². The van der Waals surface area contributed by atoms with Gasteiger partial charge in [0, 0.05) is 22.0 Å². The van der Waals surface area contributed by atoms with Crippen molar-refractivity contribution < 1.29 is 9.78 Å². The zero-order chi connectivity index (χ0) is 6.81. The van der Waals surface area contributed by atoms with E-state index in [-0.39, 0.29) is 0 Å². The molecular formula is C6H10O2S2. The van der Waals surface area contributed by atoms with E-state index in [1.54, 1.807) is 0 Å². The van der Waals surface area contributed by atoms with Crippen molar-refractivity contribution in [3.05, 3.63) is 0 Å². The number of hydrogen-bond acceptors (Lipinski definition) is 4. The molecule has 0 N–H and O–H groups in total. The minimum atomic E-state index is 0.729. The van der Waals surface area contributed by atoms with Gasteiger partial charge in [0.25, 0.3) is 0 Å². The smallest absolute Gasteiger partial charge is 0.0948 e. The average molecular weight is 178 g/mol. The highest BCUT2D eigenvalue weighted by molar-refractivity contribution is 8.07. The van der Waals surface area contributed by atoms with Crippen molar-refractivity contribution in [1.82, 2.24) is 0 Å². The van der Waals surface area contributed by atoms with Gasteiger partial charge in [-0.2, -0.15) is 23.5 Å². The molecule has 2 nitrogen and oxygen atoms in total. The third-order valence-corrected chi connectivity index (χ3v) is 3.28. The molecule has 2 heterocycles. The molecule has 0 aromatic heterocycles. The van der Waals surface area contributed by atoms with E-state index in [9.17, 15) is 0 Å². The summed E-state index contributed by atoms with van der Waals surface area (Å²) in [7, 11) is 0. The van der Waals surface area contributed by atoms with E-state index < -0.39 is 0 Å². The second-order valence-corrected chi connectivity index (χ2v) is 5.15. The molecule has 0 amide bonds. The van der Waals surface area contributed by atoms with E-state index in [1.165, 1.54) is 11.5 Å². The fraction of sp³-hybridized carbons (Fsp3) is 1.00. The van der Waals surface area contributed by atoms with Gasteiger partial charge in [0.1, 0.15) is 0 Å². The summed E-state index contributed by atoms with van der Waals surface area (Å²) in [6, 6.07) is 0. The normalized spacial score (nSPS) is 36.0. The van der Waals surface area contributed by atoms with E-state index in [1.807, 2.05) is 23.5 Å². The highest BCUT2D eigenvalue weighted by Gasteiger charge is 2.25. The lowest BCUT2D eigenvalue weighted by molar-refractivity contribution is -0.290. The second-order valence-electron chi connectivity index (χ2n) is 2.48. The van der Waals surface area contributed by atoms with Crippen molar-refractivity contribution in [2.45, 2.75) is 10.5 Å². The van der Waals surface area contributed by atoms with Gasteiger partial charge < -0.3 is 0 Å². The van der Waals surface area contributed by atoms with Gasteiger partial charge >= 0.3 is 0 Å². The van der Waals surface area contributed by atoms with Gasteiger partial charge in [0.15, 0.2) is 0 Å². The predicted octanol–water partition coefficient (Wildman–Crippen LogP) is 1.17. The van der Waals surface area contributed by atoms with E-state index in [0.29, 0.717) is 0 Å². The Morgan fingerprint density at radius 3 is 1.70 bits per heavy atom. The Balaban J connectivity index is 1.40. The van der Waals surface area contributed by atoms with Crippen molar-refractivity contribution in [1.29, 1.82) is 0 Å². The zero-order valence-electron chi connectivity index (χ0n) is 5.62. The molecule has 0 aromatic rings. The Bertz CT molecular complexity index is 98.3. The van der Waals surface area contributed by atoms with Gasteiger partial charge in [-0.25, -0.2) is 9.78 Å². The molecule has 2 unspecified atom stereocenters. The van der Waals surface area contributed by atoms with Gasteiger partial charge in [-0.3, -0.25) is 0 Å². The Morgan fingerprint density at radius 1 is 1.00 bits per heavy atom. The lowest BCUT2D eigenvalue weighted by Gasteiger charge is -1.98. The van der Waals surface area contributed by atoms with Crippen molar-refractivity contribution in [3.63, 3.8) is 0 Å². The summed E-state index contributed by atoms with van der Waals surface area (Å²) in [6.07, 6.45) is 0. The largest absolute Gasteiger partial charge is 0.235 e. The molecule has 0 spiro atoms. The lowest BCUT2D eigenvalue weighted by atomic mass is 10.5. The molecule has 0 aromatic carbocycles. The molecular weight excluding hydrogens is 168 g/mol. The lowest BCUT2D eigenvalue weighted by Crippen LogP contribution is -2.05. The van der Waals surface area contributed by atoms with E-state index in [0.717, 1.165) is 23.7 Å². The van der Waals surface area contributed by atoms with Crippen LogP contribution in [0.4, 0.5) is 0 Å². The SMILES string of the molecule is C(OOCC1CS1)C1CS1. The summed E-state index contributed by atoms with van der Waals surface area (Å²) in [6.45, 7) is 1.56. The Hall–Kier alpha value is 0.620. The molecule has 4 heteroatoms. The van der Waals surface area contributed by atoms with Crippen LogP contribution >= 0.6 is 23.5 Å². The quantitative estimate of drug-likeness (QED) is 0.272. The molecule has 2 rings (SSSR count). The van der Waals surface area contributed by atoms with Gasteiger partial charge in [-0.1, -0.05) is 0 Å². The Labute approximate surface area is 69.0 Å². The molecule has 2 aliphatic rings. The molecule has 10 heavy (non-hydrogen) atoms. The number of thioether (sulfide) groups is 2. The second kappa shape index (κ2) is 3.34. The minimum absolute atomic E-state index is 0.729. The first-order chi connectivity index (χ1) is 4.95.